The molecule has 130 valence electrons. The molecule has 1 atom stereocenters. The molecule has 7 heteroatoms. The van der Waals surface area contributed by atoms with Crippen LogP contribution >= 0.6 is 0 Å². The lowest BCUT2D eigenvalue weighted by atomic mass is 10.1. The molecule has 1 N–H and O–H groups in total. The normalized spacial score (nSPS) is 16.8. The minimum absolute atomic E-state index is 0.291. The van der Waals surface area contributed by atoms with Gasteiger partial charge >= 0.3 is 0 Å². The van der Waals surface area contributed by atoms with E-state index in [1.807, 2.05) is 29.1 Å². The van der Waals surface area contributed by atoms with Crippen LogP contribution in [0.3, 0.4) is 0 Å². The summed E-state index contributed by atoms with van der Waals surface area (Å²) in [5.74, 6) is 0.680. The van der Waals surface area contributed by atoms with Crippen molar-refractivity contribution in [3.8, 4) is 5.88 Å². The van der Waals surface area contributed by atoms with Gasteiger partial charge in [0.2, 0.25) is 5.88 Å². The molecule has 1 aromatic carbocycles. The molecule has 0 radical (unpaired) electrons. The first-order chi connectivity index (χ1) is 12.1. The van der Waals surface area contributed by atoms with Gasteiger partial charge in [-0.1, -0.05) is 23.4 Å². The zero-order valence-corrected chi connectivity index (χ0v) is 14.3. The third-order valence-corrected chi connectivity index (χ3v) is 4.62. The molecule has 2 aromatic heterocycles. The van der Waals surface area contributed by atoms with Crippen LogP contribution in [0.2, 0.25) is 0 Å². The molecule has 1 saturated heterocycles. The highest BCUT2D eigenvalue weighted by Crippen LogP contribution is 2.28. The van der Waals surface area contributed by atoms with Crippen molar-refractivity contribution in [1.82, 2.24) is 24.9 Å². The van der Waals surface area contributed by atoms with Gasteiger partial charge in [-0.15, -0.1) is 5.10 Å². The van der Waals surface area contributed by atoms with Crippen molar-refractivity contribution in [2.45, 2.75) is 25.6 Å². The first-order valence-corrected chi connectivity index (χ1v) is 8.39. The van der Waals surface area contributed by atoms with Gasteiger partial charge in [-0.25, -0.2) is 9.67 Å². The van der Waals surface area contributed by atoms with Crippen molar-refractivity contribution in [1.29, 1.82) is 0 Å². The maximum atomic E-state index is 9.55. The molecule has 0 amide bonds. The van der Waals surface area contributed by atoms with Crippen molar-refractivity contribution in [2.75, 3.05) is 20.2 Å². The summed E-state index contributed by atoms with van der Waals surface area (Å²) in [4.78, 5) is 6.92. The number of aliphatic hydroxyl groups is 1. The summed E-state index contributed by atoms with van der Waals surface area (Å²) in [6.07, 6.45) is 1.24. The molecular formula is C18H21N5O2. The average Bonchev–Trinajstić information content (AvgIpc) is 3.06. The number of nitrogens with zero attached hydrogens (tertiary/aromatic N) is 5. The van der Waals surface area contributed by atoms with E-state index in [0.717, 1.165) is 36.1 Å². The van der Waals surface area contributed by atoms with Crippen molar-refractivity contribution in [2.24, 2.45) is 0 Å². The predicted octanol–water partition coefficient (Wildman–Crippen LogP) is 1.95. The Morgan fingerprint density at radius 1 is 1.32 bits per heavy atom. The summed E-state index contributed by atoms with van der Waals surface area (Å²) >= 11 is 0. The van der Waals surface area contributed by atoms with Gasteiger partial charge < -0.3 is 9.84 Å². The highest BCUT2D eigenvalue weighted by molar-refractivity contribution is 5.80. The fourth-order valence-electron chi connectivity index (χ4n) is 3.17. The zero-order valence-electron chi connectivity index (χ0n) is 14.3. The Kier molecular flexibility index (Phi) is 4.10. The number of benzene rings is 1. The first-order valence-electron chi connectivity index (χ1n) is 8.39. The van der Waals surface area contributed by atoms with E-state index in [9.17, 15) is 5.11 Å². The largest absolute Gasteiger partial charge is 0.481 e. The SMILES string of the molecule is COc1nc2ccccc2cc1CN1CC(n2cc(C(C)O)nn2)C1. The lowest BCUT2D eigenvalue weighted by Crippen LogP contribution is -2.47. The molecule has 25 heavy (non-hydrogen) atoms. The summed E-state index contributed by atoms with van der Waals surface area (Å²) in [5, 5.41) is 18.8. The topological polar surface area (TPSA) is 76.3 Å². The van der Waals surface area contributed by atoms with Crippen molar-refractivity contribution in [3.63, 3.8) is 0 Å². The molecular weight excluding hydrogens is 318 g/mol. The number of ether oxygens (including phenoxy) is 1. The van der Waals surface area contributed by atoms with Gasteiger partial charge in [0.25, 0.3) is 0 Å². The van der Waals surface area contributed by atoms with Gasteiger partial charge in [0, 0.05) is 30.6 Å². The van der Waals surface area contributed by atoms with Crippen LogP contribution in [0.25, 0.3) is 10.9 Å². The number of pyridine rings is 1. The summed E-state index contributed by atoms with van der Waals surface area (Å²) in [5.41, 5.74) is 2.64. The molecule has 0 saturated carbocycles. The molecule has 4 rings (SSSR count). The van der Waals surface area contributed by atoms with Gasteiger partial charge in [-0.05, 0) is 19.1 Å². The van der Waals surface area contributed by atoms with Crippen molar-refractivity contribution < 1.29 is 9.84 Å². The molecule has 0 aliphatic carbocycles. The summed E-state index contributed by atoms with van der Waals surface area (Å²) in [7, 11) is 1.66. The number of aromatic nitrogens is 4. The van der Waals surface area contributed by atoms with Crippen LogP contribution in [0.15, 0.2) is 36.5 Å². The Morgan fingerprint density at radius 3 is 2.84 bits per heavy atom. The van der Waals surface area contributed by atoms with Crippen LogP contribution in [-0.2, 0) is 6.54 Å². The molecule has 1 aliphatic heterocycles. The third kappa shape index (κ3) is 3.08. The monoisotopic (exact) mass is 339 g/mol. The molecule has 1 fully saturated rings. The van der Waals surface area contributed by atoms with Crippen LogP contribution in [0.1, 0.15) is 30.3 Å². The fourth-order valence-corrected chi connectivity index (χ4v) is 3.17. The van der Waals surface area contributed by atoms with E-state index >= 15 is 0 Å². The maximum absolute atomic E-state index is 9.55. The molecule has 0 bridgehead atoms. The second-order valence-corrected chi connectivity index (χ2v) is 6.50. The van der Waals surface area contributed by atoms with E-state index in [4.69, 9.17) is 4.74 Å². The van der Waals surface area contributed by atoms with Crippen LogP contribution in [0, 0.1) is 0 Å². The summed E-state index contributed by atoms with van der Waals surface area (Å²) in [6.45, 7) is 4.26. The minimum Gasteiger partial charge on any atom is -0.481 e. The van der Waals surface area contributed by atoms with E-state index in [1.54, 1.807) is 14.0 Å². The molecule has 1 aliphatic rings. The second-order valence-electron chi connectivity index (χ2n) is 6.50. The number of fused-ring (bicyclic) bond motifs is 1. The number of hydrogen-bond donors (Lipinski definition) is 1. The van der Waals surface area contributed by atoms with E-state index in [2.05, 4.69) is 32.3 Å². The molecule has 3 aromatic rings. The minimum atomic E-state index is -0.585. The Balaban J connectivity index is 1.46. The quantitative estimate of drug-likeness (QED) is 0.766. The van der Waals surface area contributed by atoms with E-state index < -0.39 is 6.10 Å². The lowest BCUT2D eigenvalue weighted by molar-refractivity contribution is 0.0885. The standard InChI is InChI=1S/C18H21N5O2/c1-12(24)17-11-23(21-20-17)15-9-22(10-15)8-14-7-13-5-3-4-6-16(13)19-18(14)25-2/h3-7,11-12,15,24H,8-10H2,1-2H3. The highest BCUT2D eigenvalue weighted by Gasteiger charge is 2.30. The first kappa shape index (κ1) is 16.0. The average molecular weight is 339 g/mol. The second kappa shape index (κ2) is 6.42. The number of para-hydroxylation sites is 1. The van der Waals surface area contributed by atoms with Gasteiger partial charge in [0.05, 0.1) is 31.0 Å². The number of aliphatic hydroxyl groups excluding tert-OH is 1. The molecule has 7 nitrogen and oxygen atoms in total. The summed E-state index contributed by atoms with van der Waals surface area (Å²) in [6, 6.07) is 10.5. The Labute approximate surface area is 145 Å². The Morgan fingerprint density at radius 2 is 2.12 bits per heavy atom. The maximum Gasteiger partial charge on any atom is 0.218 e. The van der Waals surface area contributed by atoms with Crippen LogP contribution < -0.4 is 4.74 Å². The van der Waals surface area contributed by atoms with E-state index in [1.165, 1.54) is 0 Å². The third-order valence-electron chi connectivity index (χ3n) is 4.62. The zero-order chi connectivity index (χ0) is 17.4. The number of rotatable bonds is 5. The highest BCUT2D eigenvalue weighted by atomic mass is 16.5. The van der Waals surface area contributed by atoms with E-state index in [0.29, 0.717) is 17.6 Å². The van der Waals surface area contributed by atoms with Crippen molar-refractivity contribution >= 4 is 10.9 Å². The molecule has 0 spiro atoms. The number of likely N-dealkylation sites (tertiary alicyclic amines) is 1. The lowest BCUT2D eigenvalue weighted by Gasteiger charge is -2.39. The van der Waals surface area contributed by atoms with Gasteiger partial charge in [-0.3, -0.25) is 4.90 Å². The molecule has 3 heterocycles. The number of methoxy groups -OCH3 is 1. The smallest absolute Gasteiger partial charge is 0.218 e. The molecule has 1 unspecified atom stereocenters. The summed E-state index contributed by atoms with van der Waals surface area (Å²) < 4.78 is 7.31. The van der Waals surface area contributed by atoms with Crippen LogP contribution in [-0.4, -0.2) is 50.2 Å². The van der Waals surface area contributed by atoms with Gasteiger partial charge in [0.15, 0.2) is 0 Å². The Hall–Kier alpha value is -2.51. The number of hydrogen-bond acceptors (Lipinski definition) is 6. The van der Waals surface area contributed by atoms with Crippen LogP contribution in [0.5, 0.6) is 5.88 Å². The van der Waals surface area contributed by atoms with Crippen molar-refractivity contribution in [3.05, 3.63) is 47.8 Å². The van der Waals surface area contributed by atoms with Gasteiger partial charge in [-0.2, -0.15) is 0 Å². The Bertz CT molecular complexity index is 886. The fraction of sp³-hybridized carbons (Fsp3) is 0.389. The predicted molar refractivity (Wildman–Crippen MR) is 93.3 cm³/mol. The van der Waals surface area contributed by atoms with E-state index in [-0.39, 0.29) is 0 Å². The van der Waals surface area contributed by atoms with Crippen LogP contribution in [0.4, 0.5) is 0 Å². The van der Waals surface area contributed by atoms with Gasteiger partial charge in [0.1, 0.15) is 5.69 Å².